The second-order valence-corrected chi connectivity index (χ2v) is 4.63. The minimum Gasteiger partial charge on any atom is -0.491 e. The maximum Gasteiger partial charge on any atom is 0.123 e. The van der Waals surface area contributed by atoms with E-state index in [1.165, 1.54) is 12.8 Å². The van der Waals surface area contributed by atoms with E-state index in [4.69, 9.17) is 4.74 Å². The molecule has 88 valence electrons. The third-order valence-electron chi connectivity index (χ3n) is 2.84. The molecule has 1 atom stereocenters. The van der Waals surface area contributed by atoms with Crippen molar-refractivity contribution in [2.75, 3.05) is 13.1 Å². The van der Waals surface area contributed by atoms with Crippen LogP contribution in [0.5, 0.6) is 5.75 Å². The fourth-order valence-electron chi connectivity index (χ4n) is 2.10. The number of hydrogen-bond donors (Lipinski definition) is 1. The monoisotopic (exact) mass is 220 g/mol. The van der Waals surface area contributed by atoms with Crippen LogP contribution < -0.4 is 10.1 Å². The third-order valence-corrected chi connectivity index (χ3v) is 2.84. The molecule has 1 aliphatic rings. The quantitative estimate of drug-likeness (QED) is 0.849. The van der Waals surface area contributed by atoms with Gasteiger partial charge in [-0.05, 0) is 39.3 Å². The molecule has 3 heteroatoms. The molecule has 1 fully saturated rings. The average molecular weight is 220 g/mol. The highest BCUT2D eigenvalue weighted by atomic mass is 16.5. The summed E-state index contributed by atoms with van der Waals surface area (Å²) < 4.78 is 5.69. The molecule has 3 nitrogen and oxygen atoms in total. The van der Waals surface area contributed by atoms with Gasteiger partial charge in [-0.3, -0.25) is 4.98 Å². The Morgan fingerprint density at radius 1 is 1.50 bits per heavy atom. The Bertz CT molecular complexity index is 332. The molecule has 1 aromatic heterocycles. The molecule has 1 N–H and O–H groups in total. The molecule has 16 heavy (non-hydrogen) atoms. The first-order chi connectivity index (χ1) is 7.75. The van der Waals surface area contributed by atoms with Gasteiger partial charge in [-0.15, -0.1) is 0 Å². The fraction of sp³-hybridized carbons (Fsp3) is 0.615. The number of ether oxygens (including phenoxy) is 1. The molecule has 1 unspecified atom stereocenters. The molecular formula is C13H20N2O. The second-order valence-electron chi connectivity index (χ2n) is 4.63. The Morgan fingerprint density at radius 3 is 3.06 bits per heavy atom. The molecule has 2 heterocycles. The topological polar surface area (TPSA) is 34.1 Å². The summed E-state index contributed by atoms with van der Waals surface area (Å²) in [6.45, 7) is 6.27. The van der Waals surface area contributed by atoms with E-state index in [2.05, 4.69) is 16.4 Å². The Hall–Kier alpha value is -1.09. The summed E-state index contributed by atoms with van der Waals surface area (Å²) in [7, 11) is 0. The van der Waals surface area contributed by atoms with Crippen molar-refractivity contribution in [3.63, 3.8) is 0 Å². The Kier molecular flexibility index (Phi) is 3.78. The maximum atomic E-state index is 5.69. The van der Waals surface area contributed by atoms with Gasteiger partial charge in [0.1, 0.15) is 5.75 Å². The smallest absolute Gasteiger partial charge is 0.123 e. The van der Waals surface area contributed by atoms with E-state index in [0.717, 1.165) is 24.5 Å². The zero-order valence-electron chi connectivity index (χ0n) is 10.1. The largest absolute Gasteiger partial charge is 0.491 e. The van der Waals surface area contributed by atoms with Crippen molar-refractivity contribution < 1.29 is 4.74 Å². The van der Waals surface area contributed by atoms with Crippen molar-refractivity contribution in [2.45, 2.75) is 38.7 Å². The van der Waals surface area contributed by atoms with Gasteiger partial charge in [-0.2, -0.15) is 0 Å². The Labute approximate surface area is 97.2 Å². The molecular weight excluding hydrogens is 200 g/mol. The van der Waals surface area contributed by atoms with Gasteiger partial charge in [-0.1, -0.05) is 0 Å². The van der Waals surface area contributed by atoms with Gasteiger partial charge < -0.3 is 10.1 Å². The summed E-state index contributed by atoms with van der Waals surface area (Å²) in [6, 6.07) is 4.01. The predicted octanol–water partition coefficient (Wildman–Crippen LogP) is 2.34. The lowest BCUT2D eigenvalue weighted by molar-refractivity contribution is 0.241. The molecule has 2 rings (SSSR count). The van der Waals surface area contributed by atoms with Crippen LogP contribution in [0.3, 0.4) is 0 Å². The van der Waals surface area contributed by atoms with Crippen molar-refractivity contribution in [3.05, 3.63) is 24.0 Å². The molecule has 1 aliphatic heterocycles. The lowest BCUT2D eigenvalue weighted by Gasteiger charge is -2.22. The molecule has 0 aromatic carbocycles. The summed E-state index contributed by atoms with van der Waals surface area (Å²) in [6.07, 6.45) is 4.54. The predicted molar refractivity (Wildman–Crippen MR) is 64.8 cm³/mol. The molecule has 0 saturated carbocycles. The fourth-order valence-corrected chi connectivity index (χ4v) is 2.10. The summed E-state index contributed by atoms with van der Waals surface area (Å²) in [4.78, 5) is 4.45. The first-order valence-corrected chi connectivity index (χ1v) is 6.09. The summed E-state index contributed by atoms with van der Waals surface area (Å²) in [5.41, 5.74) is 1.16. The van der Waals surface area contributed by atoms with Crippen LogP contribution in [0.4, 0.5) is 0 Å². The number of aromatic nitrogens is 1. The van der Waals surface area contributed by atoms with Gasteiger partial charge in [0.15, 0.2) is 0 Å². The molecule has 0 bridgehead atoms. The number of piperidine rings is 1. The summed E-state index contributed by atoms with van der Waals surface area (Å²) >= 11 is 0. The van der Waals surface area contributed by atoms with E-state index in [0.29, 0.717) is 5.92 Å². The van der Waals surface area contributed by atoms with Crippen molar-refractivity contribution >= 4 is 0 Å². The van der Waals surface area contributed by atoms with Gasteiger partial charge in [0.05, 0.1) is 6.10 Å². The van der Waals surface area contributed by atoms with Gasteiger partial charge >= 0.3 is 0 Å². The summed E-state index contributed by atoms with van der Waals surface area (Å²) in [5.74, 6) is 1.48. The van der Waals surface area contributed by atoms with Crippen molar-refractivity contribution in [3.8, 4) is 5.75 Å². The molecule has 0 spiro atoms. The lowest BCUT2D eigenvalue weighted by Crippen LogP contribution is -2.28. The van der Waals surface area contributed by atoms with Crippen molar-refractivity contribution in [1.82, 2.24) is 10.3 Å². The van der Waals surface area contributed by atoms with Crippen LogP contribution >= 0.6 is 0 Å². The van der Waals surface area contributed by atoms with Gasteiger partial charge in [0.25, 0.3) is 0 Å². The molecule has 1 aromatic rings. The van der Waals surface area contributed by atoms with Crippen molar-refractivity contribution in [1.29, 1.82) is 0 Å². The standard InChI is InChI=1S/C13H20N2O/c1-10(2)16-12-5-7-15-13(8-12)11-4-3-6-14-9-11/h5,7-8,10-11,14H,3-4,6,9H2,1-2H3. The maximum absolute atomic E-state index is 5.69. The second kappa shape index (κ2) is 5.30. The molecule has 0 amide bonds. The minimum atomic E-state index is 0.222. The van der Waals surface area contributed by atoms with E-state index in [-0.39, 0.29) is 6.10 Å². The zero-order valence-corrected chi connectivity index (χ0v) is 10.1. The number of nitrogens with zero attached hydrogens (tertiary/aromatic N) is 1. The van der Waals surface area contributed by atoms with Crippen LogP contribution in [0.15, 0.2) is 18.3 Å². The van der Waals surface area contributed by atoms with Crippen LogP contribution in [0.25, 0.3) is 0 Å². The van der Waals surface area contributed by atoms with Crippen molar-refractivity contribution in [2.24, 2.45) is 0 Å². The molecule has 0 aliphatic carbocycles. The number of pyridine rings is 1. The van der Waals surface area contributed by atoms with E-state index in [1.807, 2.05) is 26.1 Å². The average Bonchev–Trinajstić information content (AvgIpc) is 2.30. The number of rotatable bonds is 3. The first kappa shape index (κ1) is 11.4. The van der Waals surface area contributed by atoms with E-state index in [9.17, 15) is 0 Å². The minimum absolute atomic E-state index is 0.222. The van der Waals surface area contributed by atoms with Crippen LogP contribution in [0.1, 0.15) is 38.3 Å². The van der Waals surface area contributed by atoms with Gasteiger partial charge in [-0.25, -0.2) is 0 Å². The normalized spacial score (nSPS) is 21.1. The van der Waals surface area contributed by atoms with Crippen LogP contribution in [0, 0.1) is 0 Å². The van der Waals surface area contributed by atoms with Crippen LogP contribution in [-0.4, -0.2) is 24.2 Å². The SMILES string of the molecule is CC(C)Oc1ccnc(C2CCCNC2)c1. The van der Waals surface area contributed by atoms with Crippen LogP contribution in [-0.2, 0) is 0 Å². The molecule has 1 saturated heterocycles. The number of hydrogen-bond acceptors (Lipinski definition) is 3. The van der Waals surface area contributed by atoms with E-state index in [1.54, 1.807) is 0 Å². The lowest BCUT2D eigenvalue weighted by atomic mass is 9.95. The zero-order chi connectivity index (χ0) is 11.4. The highest BCUT2D eigenvalue weighted by Gasteiger charge is 2.16. The highest BCUT2D eigenvalue weighted by molar-refractivity contribution is 5.25. The Morgan fingerprint density at radius 2 is 2.38 bits per heavy atom. The van der Waals surface area contributed by atoms with E-state index < -0.39 is 0 Å². The van der Waals surface area contributed by atoms with Gasteiger partial charge in [0, 0.05) is 30.4 Å². The van der Waals surface area contributed by atoms with E-state index >= 15 is 0 Å². The molecule has 0 radical (unpaired) electrons. The third kappa shape index (κ3) is 2.95. The van der Waals surface area contributed by atoms with Gasteiger partial charge in [0.2, 0.25) is 0 Å². The van der Waals surface area contributed by atoms with Crippen LogP contribution in [0.2, 0.25) is 0 Å². The first-order valence-electron chi connectivity index (χ1n) is 6.09. The highest BCUT2D eigenvalue weighted by Crippen LogP contribution is 2.24. The number of nitrogens with one attached hydrogen (secondary N) is 1. The Balaban J connectivity index is 2.08. The summed E-state index contributed by atoms with van der Waals surface area (Å²) in [5, 5.41) is 3.41.